The molecule has 1 rings (SSSR count). The van der Waals surface area contributed by atoms with Crippen LogP contribution in [0, 0.1) is 11.8 Å². The maximum absolute atomic E-state index is 5.94. The van der Waals surface area contributed by atoms with E-state index in [0.29, 0.717) is 6.54 Å². The summed E-state index contributed by atoms with van der Waals surface area (Å²) in [4.78, 5) is 4.16. The van der Waals surface area contributed by atoms with Crippen LogP contribution in [-0.4, -0.2) is 12.8 Å². The second-order valence-corrected chi connectivity index (χ2v) is 3.11. The maximum Gasteiger partial charge on any atom is 0.0997 e. The van der Waals surface area contributed by atoms with Gasteiger partial charge in [-0.25, -0.2) is 0 Å². The lowest BCUT2D eigenvalue weighted by Crippen LogP contribution is -1.83. The van der Waals surface area contributed by atoms with Crippen molar-refractivity contribution in [3.63, 3.8) is 0 Å². The van der Waals surface area contributed by atoms with Crippen molar-refractivity contribution in [1.82, 2.24) is 0 Å². The second kappa shape index (κ2) is 6.23. The van der Waals surface area contributed by atoms with Crippen molar-refractivity contribution in [3.05, 3.63) is 34.9 Å². The Kier molecular flexibility index (Phi) is 4.82. The molecule has 0 atom stereocenters. The molecule has 1 aromatic carbocycles. The standard InChI is InChI=1S/C12H12ClN/c1-2-3-6-9-14-10-11-7-4-5-8-12(11)13/h4-5,7-8,10H,2,9H2,1H3. The summed E-state index contributed by atoms with van der Waals surface area (Å²) in [5, 5.41) is 0.722. The highest BCUT2D eigenvalue weighted by atomic mass is 35.5. The molecule has 0 aromatic heterocycles. The van der Waals surface area contributed by atoms with Gasteiger partial charge in [0.1, 0.15) is 0 Å². The minimum absolute atomic E-state index is 0.541. The van der Waals surface area contributed by atoms with Crippen molar-refractivity contribution in [2.75, 3.05) is 6.54 Å². The summed E-state index contributed by atoms with van der Waals surface area (Å²) in [6.45, 7) is 2.56. The third kappa shape index (κ3) is 3.64. The normalized spacial score (nSPS) is 9.86. The van der Waals surface area contributed by atoms with Gasteiger partial charge in [-0.05, 0) is 6.07 Å². The highest BCUT2D eigenvalue weighted by Crippen LogP contribution is 2.11. The zero-order chi connectivity index (χ0) is 10.2. The first-order valence-corrected chi connectivity index (χ1v) is 4.92. The lowest BCUT2D eigenvalue weighted by molar-refractivity contribution is 1.25. The summed E-state index contributed by atoms with van der Waals surface area (Å²) in [6, 6.07) is 7.61. The van der Waals surface area contributed by atoms with Crippen LogP contribution in [0.2, 0.25) is 5.02 Å². The van der Waals surface area contributed by atoms with E-state index < -0.39 is 0 Å². The predicted molar refractivity (Wildman–Crippen MR) is 62.0 cm³/mol. The average molecular weight is 206 g/mol. The Morgan fingerprint density at radius 2 is 2.14 bits per heavy atom. The number of hydrogen-bond acceptors (Lipinski definition) is 1. The van der Waals surface area contributed by atoms with Crippen LogP contribution in [-0.2, 0) is 0 Å². The molecular formula is C12H12ClN. The SMILES string of the molecule is CCC#CCN=Cc1ccccc1Cl. The summed E-state index contributed by atoms with van der Waals surface area (Å²) < 4.78 is 0. The first-order chi connectivity index (χ1) is 6.84. The van der Waals surface area contributed by atoms with Crippen LogP contribution in [0.25, 0.3) is 0 Å². The summed E-state index contributed by atoms with van der Waals surface area (Å²) in [6.07, 6.45) is 2.63. The molecule has 72 valence electrons. The minimum atomic E-state index is 0.541. The monoisotopic (exact) mass is 205 g/mol. The van der Waals surface area contributed by atoms with Crippen molar-refractivity contribution >= 4 is 17.8 Å². The van der Waals surface area contributed by atoms with Crippen molar-refractivity contribution < 1.29 is 0 Å². The van der Waals surface area contributed by atoms with E-state index >= 15 is 0 Å². The minimum Gasteiger partial charge on any atom is -0.280 e. The van der Waals surface area contributed by atoms with Crippen LogP contribution in [0.5, 0.6) is 0 Å². The third-order valence-electron chi connectivity index (χ3n) is 1.61. The van der Waals surface area contributed by atoms with Gasteiger partial charge in [0.25, 0.3) is 0 Å². The number of nitrogens with zero attached hydrogens (tertiary/aromatic N) is 1. The summed E-state index contributed by atoms with van der Waals surface area (Å²) >= 11 is 5.94. The molecule has 0 radical (unpaired) electrons. The van der Waals surface area contributed by atoms with Gasteiger partial charge in [-0.15, -0.1) is 5.92 Å². The van der Waals surface area contributed by atoms with Crippen molar-refractivity contribution in [3.8, 4) is 11.8 Å². The van der Waals surface area contributed by atoms with Gasteiger partial charge >= 0.3 is 0 Å². The molecule has 14 heavy (non-hydrogen) atoms. The molecule has 1 nitrogen and oxygen atoms in total. The van der Waals surface area contributed by atoms with Crippen molar-refractivity contribution in [2.24, 2.45) is 4.99 Å². The van der Waals surface area contributed by atoms with Gasteiger partial charge in [-0.1, -0.05) is 42.6 Å². The Morgan fingerprint density at radius 1 is 1.36 bits per heavy atom. The van der Waals surface area contributed by atoms with E-state index in [1.807, 2.05) is 31.2 Å². The van der Waals surface area contributed by atoms with E-state index in [4.69, 9.17) is 11.6 Å². The fraction of sp³-hybridized carbons (Fsp3) is 0.250. The zero-order valence-corrected chi connectivity index (χ0v) is 8.88. The third-order valence-corrected chi connectivity index (χ3v) is 1.95. The molecule has 0 N–H and O–H groups in total. The Hall–Kier alpha value is -1.26. The molecule has 0 unspecified atom stereocenters. The fourth-order valence-corrected chi connectivity index (χ4v) is 1.13. The molecule has 0 spiro atoms. The van der Waals surface area contributed by atoms with E-state index in [9.17, 15) is 0 Å². The number of benzene rings is 1. The van der Waals surface area contributed by atoms with Crippen LogP contribution < -0.4 is 0 Å². The molecule has 0 saturated carbocycles. The molecule has 1 aromatic rings. The van der Waals surface area contributed by atoms with Gasteiger partial charge in [0.05, 0.1) is 6.54 Å². The molecule has 0 saturated heterocycles. The Bertz CT molecular complexity index is 371. The maximum atomic E-state index is 5.94. The quantitative estimate of drug-likeness (QED) is 0.520. The molecule has 0 bridgehead atoms. The number of hydrogen-bond donors (Lipinski definition) is 0. The van der Waals surface area contributed by atoms with Crippen LogP contribution in [0.3, 0.4) is 0 Å². The first kappa shape index (κ1) is 10.8. The lowest BCUT2D eigenvalue weighted by atomic mass is 10.2. The predicted octanol–water partition coefficient (Wildman–Crippen LogP) is 3.17. The molecule has 0 fully saturated rings. The molecule has 0 aliphatic carbocycles. The van der Waals surface area contributed by atoms with Gasteiger partial charge in [-0.3, -0.25) is 4.99 Å². The van der Waals surface area contributed by atoms with E-state index in [2.05, 4.69) is 16.8 Å². The van der Waals surface area contributed by atoms with E-state index in [-0.39, 0.29) is 0 Å². The van der Waals surface area contributed by atoms with Gasteiger partial charge in [0.15, 0.2) is 0 Å². The molecule has 0 amide bonds. The van der Waals surface area contributed by atoms with E-state index in [1.54, 1.807) is 6.21 Å². The number of halogens is 1. The number of aliphatic imine (C=N–C) groups is 1. The van der Waals surface area contributed by atoms with Crippen LogP contribution in [0.15, 0.2) is 29.3 Å². The molecule has 0 aliphatic heterocycles. The second-order valence-electron chi connectivity index (χ2n) is 2.70. The zero-order valence-electron chi connectivity index (χ0n) is 8.13. The van der Waals surface area contributed by atoms with Crippen molar-refractivity contribution in [1.29, 1.82) is 0 Å². The summed E-state index contributed by atoms with van der Waals surface area (Å²) in [7, 11) is 0. The van der Waals surface area contributed by atoms with E-state index in [1.165, 1.54) is 0 Å². The first-order valence-electron chi connectivity index (χ1n) is 4.54. The Balaban J connectivity index is 2.56. The summed E-state index contributed by atoms with van der Waals surface area (Å²) in [5.41, 5.74) is 0.937. The van der Waals surface area contributed by atoms with Crippen LogP contribution >= 0.6 is 11.6 Å². The van der Waals surface area contributed by atoms with Gasteiger partial charge in [0, 0.05) is 23.2 Å². The average Bonchev–Trinajstić information content (AvgIpc) is 2.20. The highest BCUT2D eigenvalue weighted by Gasteiger charge is 1.92. The molecule has 0 aliphatic rings. The highest BCUT2D eigenvalue weighted by molar-refractivity contribution is 6.33. The van der Waals surface area contributed by atoms with Gasteiger partial charge in [0.2, 0.25) is 0 Å². The number of rotatable bonds is 2. The lowest BCUT2D eigenvalue weighted by Gasteiger charge is -1.94. The van der Waals surface area contributed by atoms with E-state index in [0.717, 1.165) is 17.0 Å². The van der Waals surface area contributed by atoms with Gasteiger partial charge in [-0.2, -0.15) is 0 Å². The fourth-order valence-electron chi connectivity index (χ4n) is 0.950. The topological polar surface area (TPSA) is 12.4 Å². The molecule has 0 heterocycles. The van der Waals surface area contributed by atoms with Crippen LogP contribution in [0.4, 0.5) is 0 Å². The largest absolute Gasteiger partial charge is 0.280 e. The smallest absolute Gasteiger partial charge is 0.0997 e. The Morgan fingerprint density at radius 3 is 2.86 bits per heavy atom. The van der Waals surface area contributed by atoms with Crippen LogP contribution in [0.1, 0.15) is 18.9 Å². The summed E-state index contributed by atoms with van der Waals surface area (Å²) in [5.74, 6) is 5.89. The molecule has 2 heteroatoms. The van der Waals surface area contributed by atoms with Gasteiger partial charge < -0.3 is 0 Å². The Labute approximate surface area is 89.8 Å². The molecular weight excluding hydrogens is 194 g/mol. The van der Waals surface area contributed by atoms with Crippen molar-refractivity contribution in [2.45, 2.75) is 13.3 Å².